The summed E-state index contributed by atoms with van der Waals surface area (Å²) in [5, 5.41) is 0. The summed E-state index contributed by atoms with van der Waals surface area (Å²) in [7, 11) is -11.4. The molecule has 0 amide bonds. The van der Waals surface area contributed by atoms with Gasteiger partial charge in [-0.1, -0.05) is 35.4 Å². The first kappa shape index (κ1) is 34.8. The molecule has 14 heteroatoms. The smallest absolute Gasteiger partial charge is 0.379 e. The van der Waals surface area contributed by atoms with Crippen LogP contribution in [0.3, 0.4) is 0 Å². The summed E-state index contributed by atoms with van der Waals surface area (Å²) < 4.78 is 89.3. The van der Waals surface area contributed by atoms with E-state index in [9.17, 15) is 21.4 Å². The topological polar surface area (TPSA) is 123 Å². The largest absolute Gasteiger partial charge is 0.408 e. The van der Waals surface area contributed by atoms with E-state index in [2.05, 4.69) is 0 Å². The molecule has 1 heterocycles. The van der Waals surface area contributed by atoms with Gasteiger partial charge in [-0.15, -0.1) is 0 Å². The number of benzene rings is 2. The minimum atomic E-state index is -3.83. The van der Waals surface area contributed by atoms with Crippen molar-refractivity contribution < 1.29 is 35.2 Å². The maximum atomic E-state index is 13.8. The highest BCUT2D eigenvalue weighted by molar-refractivity contribution is 7.89. The van der Waals surface area contributed by atoms with Gasteiger partial charge in [-0.05, 0) is 64.8 Å². The molecule has 0 saturated carbocycles. The number of sulfonamides is 2. The third-order valence-electron chi connectivity index (χ3n) is 6.87. The second-order valence-electron chi connectivity index (χ2n) is 10.0. The van der Waals surface area contributed by atoms with Gasteiger partial charge in [0.2, 0.25) is 20.0 Å². The van der Waals surface area contributed by atoms with E-state index in [0.717, 1.165) is 11.1 Å². The van der Waals surface area contributed by atoms with Crippen LogP contribution < -0.4 is 0 Å². The van der Waals surface area contributed by atoms with Crippen LogP contribution in [0.5, 0.6) is 0 Å². The van der Waals surface area contributed by atoms with Gasteiger partial charge < -0.3 is 4.74 Å². The lowest BCUT2D eigenvalue weighted by molar-refractivity contribution is 0.109. The summed E-state index contributed by atoms with van der Waals surface area (Å²) >= 11 is 0. The van der Waals surface area contributed by atoms with Gasteiger partial charge in [0, 0.05) is 39.3 Å². The van der Waals surface area contributed by atoms with Crippen LogP contribution in [0.1, 0.15) is 37.8 Å². The van der Waals surface area contributed by atoms with E-state index in [-0.39, 0.29) is 75.5 Å². The van der Waals surface area contributed by atoms with Crippen molar-refractivity contribution in [3.63, 3.8) is 0 Å². The van der Waals surface area contributed by atoms with Crippen molar-refractivity contribution in [1.82, 2.24) is 13.3 Å². The molecule has 2 aromatic carbocycles. The van der Waals surface area contributed by atoms with E-state index >= 15 is 0 Å². The van der Waals surface area contributed by atoms with E-state index in [1.807, 2.05) is 13.8 Å². The van der Waals surface area contributed by atoms with E-state index in [1.165, 1.54) is 8.61 Å². The molecule has 1 saturated heterocycles. The van der Waals surface area contributed by atoms with Crippen LogP contribution in [0.15, 0.2) is 58.3 Å². The number of nitrogens with zero attached hydrogens (tertiary/aromatic N) is 3. The third-order valence-corrected chi connectivity index (χ3v) is 13.0. The van der Waals surface area contributed by atoms with Crippen LogP contribution in [0.4, 0.5) is 0 Å². The minimum absolute atomic E-state index is 0.0789. The van der Waals surface area contributed by atoms with Gasteiger partial charge in [0.05, 0.1) is 36.2 Å². The van der Waals surface area contributed by atoms with Crippen molar-refractivity contribution in [2.45, 2.75) is 50.3 Å². The highest BCUT2D eigenvalue weighted by Crippen LogP contribution is 2.52. The van der Waals surface area contributed by atoms with Crippen LogP contribution in [0, 0.1) is 13.8 Å². The lowest BCUT2D eigenvalue weighted by Gasteiger charge is -2.32. The van der Waals surface area contributed by atoms with Gasteiger partial charge in [0.1, 0.15) is 0 Å². The van der Waals surface area contributed by atoms with Crippen molar-refractivity contribution in [3.8, 4) is 0 Å². The zero-order valence-corrected chi connectivity index (χ0v) is 27.5. The highest BCUT2D eigenvalue weighted by Gasteiger charge is 2.34. The van der Waals surface area contributed by atoms with Crippen molar-refractivity contribution in [3.05, 3.63) is 59.7 Å². The monoisotopic (exact) mass is 645 g/mol. The first-order valence-electron chi connectivity index (χ1n) is 14.3. The molecule has 0 N–H and O–H groups in total. The molecule has 0 bridgehead atoms. The lowest BCUT2D eigenvalue weighted by atomic mass is 10.2. The predicted molar refractivity (Wildman–Crippen MR) is 162 cm³/mol. The van der Waals surface area contributed by atoms with Crippen molar-refractivity contribution in [2.24, 2.45) is 0 Å². The molecule has 1 fully saturated rings. The van der Waals surface area contributed by atoms with Crippen molar-refractivity contribution >= 4 is 27.8 Å². The van der Waals surface area contributed by atoms with Crippen LogP contribution in [0.25, 0.3) is 0 Å². The summed E-state index contributed by atoms with van der Waals surface area (Å²) in [6.07, 6.45) is 0.696. The quantitative estimate of drug-likeness (QED) is 0.368. The van der Waals surface area contributed by atoms with E-state index in [4.69, 9.17) is 13.8 Å². The summed E-state index contributed by atoms with van der Waals surface area (Å²) in [4.78, 5) is 0.353. The van der Waals surface area contributed by atoms with Crippen molar-refractivity contribution in [2.75, 3.05) is 65.7 Å². The second-order valence-corrected chi connectivity index (χ2v) is 15.9. The number of ether oxygens (including phenoxy) is 1. The molecular weight excluding hydrogens is 601 g/mol. The molecule has 236 valence electrons. The fraction of sp³-hybridized carbons (Fsp3) is 0.571. The Hall–Kier alpha value is -1.67. The summed E-state index contributed by atoms with van der Waals surface area (Å²) in [6.45, 7) is 8.66. The van der Waals surface area contributed by atoms with Crippen LogP contribution in [0.2, 0.25) is 0 Å². The first-order chi connectivity index (χ1) is 19.9. The summed E-state index contributed by atoms with van der Waals surface area (Å²) in [5.41, 5.74) is 1.89. The molecule has 0 unspecified atom stereocenters. The fourth-order valence-electron chi connectivity index (χ4n) is 4.60. The Kier molecular flexibility index (Phi) is 13.2. The Morgan fingerprint density at radius 1 is 0.667 bits per heavy atom. The lowest BCUT2D eigenvalue weighted by Crippen LogP contribution is -2.39. The molecule has 0 aliphatic carbocycles. The van der Waals surface area contributed by atoms with Crippen LogP contribution >= 0.6 is 7.75 Å². The maximum absolute atomic E-state index is 13.8. The first-order valence-corrected chi connectivity index (χ1v) is 18.7. The average molecular weight is 646 g/mol. The Balaban J connectivity index is 1.90. The number of hydrogen-bond donors (Lipinski definition) is 0. The fourth-order valence-corrected chi connectivity index (χ4v) is 9.35. The Morgan fingerprint density at radius 2 is 1.05 bits per heavy atom. The molecule has 2 aromatic rings. The Labute approximate surface area is 251 Å². The highest BCUT2D eigenvalue weighted by atomic mass is 32.2. The van der Waals surface area contributed by atoms with Crippen LogP contribution in [-0.2, 0) is 38.4 Å². The molecule has 0 aromatic heterocycles. The van der Waals surface area contributed by atoms with E-state index in [1.54, 1.807) is 67.0 Å². The molecule has 11 nitrogen and oxygen atoms in total. The molecule has 0 spiro atoms. The number of rotatable bonds is 9. The minimum Gasteiger partial charge on any atom is -0.379 e. The van der Waals surface area contributed by atoms with Crippen LogP contribution in [-0.4, -0.2) is 95.8 Å². The average Bonchev–Trinajstić information content (AvgIpc) is 2.94. The van der Waals surface area contributed by atoms with Gasteiger partial charge in [-0.2, -0.15) is 8.61 Å². The molecule has 0 atom stereocenters. The SMILES string of the molecule is CCOP(=O)(OCC)N1CCCN(S(=O)(=O)c2ccc(C)cc2)CCOCCN(S(=O)(=O)c2ccc(C)cc2)CCC1. The maximum Gasteiger partial charge on any atom is 0.408 e. The van der Waals surface area contributed by atoms with E-state index < -0.39 is 27.8 Å². The third kappa shape index (κ3) is 9.17. The van der Waals surface area contributed by atoms with Gasteiger partial charge in [-0.3, -0.25) is 9.05 Å². The molecular formula is C28H44N3O8PS2. The normalized spacial score (nSPS) is 18.5. The summed E-state index contributed by atoms with van der Waals surface area (Å²) in [6, 6.07) is 13.3. The number of hydrogen-bond acceptors (Lipinski definition) is 8. The second kappa shape index (κ2) is 15.9. The van der Waals surface area contributed by atoms with E-state index in [0.29, 0.717) is 12.8 Å². The number of aryl methyl sites for hydroxylation is 2. The predicted octanol–water partition coefficient (Wildman–Crippen LogP) is 4.28. The molecule has 1 aliphatic heterocycles. The van der Waals surface area contributed by atoms with Gasteiger partial charge in [0.25, 0.3) is 0 Å². The molecule has 0 radical (unpaired) electrons. The van der Waals surface area contributed by atoms with Gasteiger partial charge in [0.15, 0.2) is 0 Å². The molecule has 3 rings (SSSR count). The standard InChI is InChI=1S/C28H44N3O8PS2/c1-5-38-40(32,39-6-2)29-17-7-19-30(41(33,34)27-13-9-25(3)10-14-27)21-23-37-24-22-31(20-8-18-29)42(35,36)28-15-11-26(4)12-16-28/h9-16H,5-8,17-24H2,1-4H3. The molecule has 1 aliphatic rings. The Bertz CT molecular complexity index is 1290. The van der Waals surface area contributed by atoms with Gasteiger partial charge in [-0.25, -0.2) is 26.1 Å². The zero-order valence-electron chi connectivity index (χ0n) is 25.0. The molecule has 42 heavy (non-hydrogen) atoms. The summed E-state index contributed by atoms with van der Waals surface area (Å²) in [5.74, 6) is 0. The Morgan fingerprint density at radius 3 is 1.40 bits per heavy atom. The van der Waals surface area contributed by atoms with Gasteiger partial charge >= 0.3 is 7.75 Å². The van der Waals surface area contributed by atoms with Crippen molar-refractivity contribution in [1.29, 1.82) is 0 Å². The zero-order chi connectivity index (χ0) is 30.8.